The molecule has 8 heteroatoms. The summed E-state index contributed by atoms with van der Waals surface area (Å²) in [5.74, 6) is 1.73. The highest BCUT2D eigenvalue weighted by Gasteiger charge is 2.12. The molecule has 0 aliphatic carbocycles. The highest BCUT2D eigenvalue weighted by molar-refractivity contribution is 14.0. The van der Waals surface area contributed by atoms with Crippen LogP contribution in [0.4, 0.5) is 0 Å². The van der Waals surface area contributed by atoms with Crippen LogP contribution in [0.15, 0.2) is 16.6 Å². The summed E-state index contributed by atoms with van der Waals surface area (Å²) < 4.78 is 5.48. The summed E-state index contributed by atoms with van der Waals surface area (Å²) in [6.07, 6.45) is 1.84. The standard InChI is InChI=1S/C18H27N5OS.HI/c1-7-19-18(23(5)10-15-11-25-14(4)22-15)21-9-16-13(3)17(24-6)12(2)8-20-16;/h8,11H,7,9-10H2,1-6H3,(H,19,21);1H. The molecular formula is C18H28IN5OS. The minimum Gasteiger partial charge on any atom is -0.496 e. The highest BCUT2D eigenvalue weighted by Crippen LogP contribution is 2.24. The Morgan fingerprint density at radius 1 is 1.35 bits per heavy atom. The second-order valence-corrected chi connectivity index (χ2v) is 6.99. The number of aliphatic imine (C=N–C) groups is 1. The summed E-state index contributed by atoms with van der Waals surface area (Å²) in [6, 6.07) is 0. The lowest BCUT2D eigenvalue weighted by molar-refractivity contribution is 0.407. The third-order valence-electron chi connectivity index (χ3n) is 3.89. The van der Waals surface area contributed by atoms with E-state index in [2.05, 4.69) is 32.5 Å². The van der Waals surface area contributed by atoms with Crippen molar-refractivity contribution in [1.29, 1.82) is 0 Å². The Bertz CT molecular complexity index is 747. The molecule has 0 bridgehead atoms. The number of hydrogen-bond acceptors (Lipinski definition) is 5. The largest absolute Gasteiger partial charge is 0.496 e. The maximum atomic E-state index is 5.48. The van der Waals surface area contributed by atoms with Crippen LogP contribution in [0.5, 0.6) is 5.75 Å². The number of rotatable bonds is 6. The smallest absolute Gasteiger partial charge is 0.194 e. The minimum absolute atomic E-state index is 0. The number of nitrogens with zero attached hydrogens (tertiary/aromatic N) is 4. The van der Waals surface area contributed by atoms with Crippen molar-refractivity contribution < 1.29 is 4.74 Å². The van der Waals surface area contributed by atoms with E-state index in [0.717, 1.165) is 52.3 Å². The van der Waals surface area contributed by atoms with Crippen molar-refractivity contribution >= 4 is 41.3 Å². The summed E-state index contributed by atoms with van der Waals surface area (Å²) in [7, 11) is 3.71. The van der Waals surface area contributed by atoms with E-state index in [0.29, 0.717) is 6.54 Å². The zero-order valence-electron chi connectivity index (χ0n) is 16.3. The zero-order chi connectivity index (χ0) is 18.4. The molecule has 0 aliphatic heterocycles. The number of thiazole rings is 1. The molecule has 2 rings (SSSR count). The number of pyridine rings is 1. The molecule has 2 aromatic heterocycles. The van der Waals surface area contributed by atoms with Crippen LogP contribution in [0, 0.1) is 20.8 Å². The number of guanidine groups is 1. The second-order valence-electron chi connectivity index (χ2n) is 5.93. The average molecular weight is 489 g/mol. The molecule has 0 amide bonds. The normalized spacial score (nSPS) is 11.1. The topological polar surface area (TPSA) is 62.6 Å². The lowest BCUT2D eigenvalue weighted by atomic mass is 10.1. The van der Waals surface area contributed by atoms with E-state index in [1.165, 1.54) is 0 Å². The van der Waals surface area contributed by atoms with Gasteiger partial charge in [0.2, 0.25) is 0 Å². The second kappa shape index (κ2) is 10.7. The maximum absolute atomic E-state index is 5.48. The van der Waals surface area contributed by atoms with Gasteiger partial charge in [0.05, 0.1) is 36.6 Å². The molecule has 0 unspecified atom stereocenters. The van der Waals surface area contributed by atoms with Crippen molar-refractivity contribution in [3.05, 3.63) is 39.1 Å². The van der Waals surface area contributed by atoms with Crippen molar-refractivity contribution in [3.63, 3.8) is 0 Å². The van der Waals surface area contributed by atoms with Gasteiger partial charge in [0, 0.05) is 36.3 Å². The first-order chi connectivity index (χ1) is 12.0. The maximum Gasteiger partial charge on any atom is 0.194 e. The number of hydrogen-bond donors (Lipinski definition) is 1. The molecule has 144 valence electrons. The molecule has 0 saturated heterocycles. The van der Waals surface area contributed by atoms with E-state index in [9.17, 15) is 0 Å². The van der Waals surface area contributed by atoms with Gasteiger partial charge in [0.25, 0.3) is 0 Å². The molecule has 26 heavy (non-hydrogen) atoms. The van der Waals surface area contributed by atoms with Crippen molar-refractivity contribution in [2.75, 3.05) is 20.7 Å². The van der Waals surface area contributed by atoms with Crippen LogP contribution in [0.25, 0.3) is 0 Å². The average Bonchev–Trinajstić information content (AvgIpc) is 2.98. The molecule has 6 nitrogen and oxygen atoms in total. The summed E-state index contributed by atoms with van der Waals surface area (Å²) in [5, 5.41) is 6.50. The van der Waals surface area contributed by atoms with Crippen molar-refractivity contribution in [1.82, 2.24) is 20.2 Å². The van der Waals surface area contributed by atoms with Crippen LogP contribution in [0.3, 0.4) is 0 Å². The summed E-state index contributed by atoms with van der Waals surface area (Å²) in [4.78, 5) is 15.9. The predicted octanol–water partition coefficient (Wildman–Crippen LogP) is 3.69. The molecule has 0 fully saturated rings. The SMILES string of the molecule is CCNC(=NCc1ncc(C)c(OC)c1C)N(C)Cc1csc(C)n1.I. The van der Waals surface area contributed by atoms with Gasteiger partial charge in [-0.3, -0.25) is 4.98 Å². The Balaban J connectivity index is 0.00000338. The number of ether oxygens (including phenoxy) is 1. The van der Waals surface area contributed by atoms with Gasteiger partial charge in [-0.05, 0) is 27.7 Å². The Labute approximate surface area is 177 Å². The molecule has 1 N–H and O–H groups in total. The van der Waals surface area contributed by atoms with Gasteiger partial charge < -0.3 is 15.0 Å². The van der Waals surface area contributed by atoms with Crippen LogP contribution >= 0.6 is 35.3 Å². The molecule has 2 aromatic rings. The van der Waals surface area contributed by atoms with Crippen LogP contribution in [0.1, 0.15) is 34.4 Å². The van der Waals surface area contributed by atoms with Crippen molar-refractivity contribution in [3.8, 4) is 5.75 Å². The third kappa shape index (κ3) is 5.80. The van der Waals surface area contributed by atoms with E-state index in [1.807, 2.05) is 34.0 Å². The van der Waals surface area contributed by atoms with Gasteiger partial charge in [-0.1, -0.05) is 0 Å². The van der Waals surface area contributed by atoms with E-state index in [4.69, 9.17) is 9.73 Å². The van der Waals surface area contributed by atoms with Gasteiger partial charge in [-0.2, -0.15) is 0 Å². The van der Waals surface area contributed by atoms with E-state index in [1.54, 1.807) is 18.4 Å². The van der Waals surface area contributed by atoms with Crippen LogP contribution in [0.2, 0.25) is 0 Å². The van der Waals surface area contributed by atoms with Gasteiger partial charge in [-0.15, -0.1) is 35.3 Å². The first-order valence-corrected chi connectivity index (χ1v) is 9.23. The molecule has 0 atom stereocenters. The lowest BCUT2D eigenvalue weighted by Crippen LogP contribution is -2.38. The van der Waals surface area contributed by atoms with E-state index < -0.39 is 0 Å². The molecule has 0 radical (unpaired) electrons. The molecule has 0 spiro atoms. The Kier molecular flexibility index (Phi) is 9.28. The fourth-order valence-corrected chi connectivity index (χ4v) is 3.25. The number of aromatic nitrogens is 2. The first kappa shape index (κ1) is 22.6. The van der Waals surface area contributed by atoms with Gasteiger partial charge in [0.1, 0.15) is 5.75 Å². The molecule has 2 heterocycles. The Morgan fingerprint density at radius 2 is 2.08 bits per heavy atom. The summed E-state index contributed by atoms with van der Waals surface area (Å²) in [5.41, 5.74) is 4.06. The van der Waals surface area contributed by atoms with E-state index in [-0.39, 0.29) is 24.0 Å². The van der Waals surface area contributed by atoms with Crippen LogP contribution < -0.4 is 10.1 Å². The monoisotopic (exact) mass is 489 g/mol. The third-order valence-corrected chi connectivity index (χ3v) is 4.71. The van der Waals surface area contributed by atoms with E-state index >= 15 is 0 Å². The number of nitrogens with one attached hydrogen (secondary N) is 1. The fraction of sp³-hybridized carbons (Fsp3) is 0.500. The number of aryl methyl sites for hydroxylation is 2. The lowest BCUT2D eigenvalue weighted by Gasteiger charge is -2.21. The predicted molar refractivity (Wildman–Crippen MR) is 119 cm³/mol. The summed E-state index contributed by atoms with van der Waals surface area (Å²) >= 11 is 1.67. The number of halogens is 1. The molecule has 0 aromatic carbocycles. The zero-order valence-corrected chi connectivity index (χ0v) is 19.4. The summed E-state index contributed by atoms with van der Waals surface area (Å²) in [6.45, 7) is 10.1. The van der Waals surface area contributed by atoms with Crippen molar-refractivity contribution in [2.24, 2.45) is 4.99 Å². The Hall–Kier alpha value is -1.42. The molecular weight excluding hydrogens is 461 g/mol. The quantitative estimate of drug-likeness (QED) is 0.381. The van der Waals surface area contributed by atoms with Crippen molar-refractivity contribution in [2.45, 2.75) is 40.8 Å². The highest BCUT2D eigenvalue weighted by atomic mass is 127. The number of methoxy groups -OCH3 is 1. The van der Waals surface area contributed by atoms with Crippen LogP contribution in [-0.4, -0.2) is 41.5 Å². The first-order valence-electron chi connectivity index (χ1n) is 8.35. The van der Waals surface area contributed by atoms with Gasteiger partial charge >= 0.3 is 0 Å². The van der Waals surface area contributed by atoms with Gasteiger partial charge in [-0.25, -0.2) is 9.98 Å². The fourth-order valence-electron chi connectivity index (χ4n) is 2.65. The van der Waals surface area contributed by atoms with Crippen LogP contribution in [-0.2, 0) is 13.1 Å². The van der Waals surface area contributed by atoms with Gasteiger partial charge in [0.15, 0.2) is 5.96 Å². The molecule has 0 aliphatic rings. The minimum atomic E-state index is 0. The molecule has 0 saturated carbocycles. The Morgan fingerprint density at radius 3 is 2.65 bits per heavy atom.